The van der Waals surface area contributed by atoms with Crippen LogP contribution in [0.15, 0.2) is 30.6 Å². The van der Waals surface area contributed by atoms with Crippen LogP contribution in [-0.4, -0.2) is 37.7 Å². The van der Waals surface area contributed by atoms with Gasteiger partial charge in [-0.25, -0.2) is 14.5 Å². The Balaban J connectivity index is 1.73. The first-order valence-electron chi connectivity index (χ1n) is 9.88. The SMILES string of the molecule is Cc1c(C(=O)OCC(=O)c2cc(C)n(C(C)C)c2C)cnn1-c1ccc(C(F)(F)F)cn1. The van der Waals surface area contributed by atoms with Gasteiger partial charge >= 0.3 is 12.1 Å². The van der Waals surface area contributed by atoms with Crippen LogP contribution >= 0.6 is 0 Å². The Kier molecular flexibility index (Phi) is 6.25. The van der Waals surface area contributed by atoms with E-state index in [4.69, 9.17) is 4.74 Å². The molecule has 170 valence electrons. The third-order valence-electron chi connectivity index (χ3n) is 5.16. The van der Waals surface area contributed by atoms with Gasteiger partial charge in [0.2, 0.25) is 5.78 Å². The van der Waals surface area contributed by atoms with Crippen LogP contribution in [0.25, 0.3) is 5.82 Å². The number of alkyl halides is 3. The number of nitrogens with zero attached hydrogens (tertiary/aromatic N) is 4. The fourth-order valence-electron chi connectivity index (χ4n) is 3.66. The second-order valence-corrected chi connectivity index (χ2v) is 7.71. The molecule has 10 heteroatoms. The highest BCUT2D eigenvalue weighted by molar-refractivity contribution is 6.00. The van der Waals surface area contributed by atoms with Crippen LogP contribution in [0.1, 0.15) is 63.3 Å². The van der Waals surface area contributed by atoms with Crippen LogP contribution < -0.4 is 0 Å². The third-order valence-corrected chi connectivity index (χ3v) is 5.16. The molecule has 0 saturated heterocycles. The van der Waals surface area contributed by atoms with Crippen molar-refractivity contribution in [2.24, 2.45) is 0 Å². The number of Topliss-reactive ketones (excluding diaryl/α,β-unsaturated/α-hetero) is 1. The number of hydrogen-bond donors (Lipinski definition) is 0. The highest BCUT2D eigenvalue weighted by atomic mass is 19.4. The molecule has 3 aromatic heterocycles. The monoisotopic (exact) mass is 448 g/mol. The molecule has 0 radical (unpaired) electrons. The van der Waals surface area contributed by atoms with E-state index >= 15 is 0 Å². The van der Waals surface area contributed by atoms with E-state index in [1.165, 1.54) is 10.9 Å². The highest BCUT2D eigenvalue weighted by Crippen LogP contribution is 2.29. The van der Waals surface area contributed by atoms with E-state index in [-0.39, 0.29) is 23.2 Å². The number of aromatic nitrogens is 4. The molecule has 0 aliphatic heterocycles. The Morgan fingerprint density at radius 1 is 1.06 bits per heavy atom. The Morgan fingerprint density at radius 3 is 2.28 bits per heavy atom. The fraction of sp³-hybridized carbons (Fsp3) is 0.364. The predicted octanol–water partition coefficient (Wildman–Crippen LogP) is 4.63. The van der Waals surface area contributed by atoms with Crippen LogP contribution in [0.2, 0.25) is 0 Å². The van der Waals surface area contributed by atoms with Gasteiger partial charge in [-0.1, -0.05) is 0 Å². The number of carbonyl (C=O) groups is 2. The molecule has 32 heavy (non-hydrogen) atoms. The summed E-state index contributed by atoms with van der Waals surface area (Å²) in [5.74, 6) is -0.966. The fourth-order valence-corrected chi connectivity index (χ4v) is 3.66. The lowest BCUT2D eigenvalue weighted by Gasteiger charge is -2.13. The second kappa shape index (κ2) is 8.60. The first-order chi connectivity index (χ1) is 14.9. The van der Waals surface area contributed by atoms with E-state index in [1.807, 2.05) is 32.3 Å². The number of aryl methyl sites for hydroxylation is 1. The molecule has 3 heterocycles. The van der Waals surface area contributed by atoms with Gasteiger partial charge in [0.25, 0.3) is 0 Å². The maximum absolute atomic E-state index is 12.7. The Hall–Kier alpha value is -3.43. The third kappa shape index (κ3) is 4.44. The van der Waals surface area contributed by atoms with Crippen LogP contribution in [0, 0.1) is 20.8 Å². The Labute approximate surface area is 182 Å². The lowest BCUT2D eigenvalue weighted by Crippen LogP contribution is -2.16. The van der Waals surface area contributed by atoms with Crippen LogP contribution in [0.5, 0.6) is 0 Å². The number of hydrogen-bond acceptors (Lipinski definition) is 5. The molecule has 0 atom stereocenters. The zero-order chi connectivity index (χ0) is 23.8. The summed E-state index contributed by atoms with van der Waals surface area (Å²) < 4.78 is 46.6. The summed E-state index contributed by atoms with van der Waals surface area (Å²) in [6.07, 6.45) is -2.58. The molecule has 3 aromatic rings. The summed E-state index contributed by atoms with van der Waals surface area (Å²) >= 11 is 0. The maximum atomic E-state index is 12.7. The van der Waals surface area contributed by atoms with Gasteiger partial charge < -0.3 is 9.30 Å². The van der Waals surface area contributed by atoms with Gasteiger partial charge in [-0.2, -0.15) is 18.3 Å². The van der Waals surface area contributed by atoms with E-state index in [2.05, 4.69) is 10.1 Å². The minimum Gasteiger partial charge on any atom is -0.454 e. The van der Waals surface area contributed by atoms with E-state index in [0.29, 0.717) is 17.5 Å². The minimum atomic E-state index is -4.50. The average molecular weight is 448 g/mol. The van der Waals surface area contributed by atoms with Gasteiger partial charge in [0, 0.05) is 29.2 Å². The van der Waals surface area contributed by atoms with Crippen LogP contribution in [0.4, 0.5) is 13.2 Å². The van der Waals surface area contributed by atoms with Crippen LogP contribution in [-0.2, 0) is 10.9 Å². The maximum Gasteiger partial charge on any atom is 0.417 e. The molecule has 0 spiro atoms. The molecule has 0 amide bonds. The summed E-state index contributed by atoms with van der Waals surface area (Å²) in [5.41, 5.74) is 1.76. The van der Waals surface area contributed by atoms with Crippen LogP contribution in [0.3, 0.4) is 0 Å². The van der Waals surface area contributed by atoms with E-state index < -0.39 is 24.3 Å². The second-order valence-electron chi connectivity index (χ2n) is 7.71. The zero-order valence-corrected chi connectivity index (χ0v) is 18.3. The van der Waals surface area contributed by atoms with Crippen molar-refractivity contribution in [1.82, 2.24) is 19.3 Å². The number of rotatable bonds is 6. The molecule has 0 fully saturated rings. The van der Waals surface area contributed by atoms with Crippen molar-refractivity contribution in [3.8, 4) is 5.82 Å². The smallest absolute Gasteiger partial charge is 0.417 e. The van der Waals surface area contributed by atoms with Crippen molar-refractivity contribution in [2.75, 3.05) is 6.61 Å². The summed E-state index contributed by atoms with van der Waals surface area (Å²) in [7, 11) is 0. The number of carbonyl (C=O) groups excluding carboxylic acids is 2. The summed E-state index contributed by atoms with van der Waals surface area (Å²) in [4.78, 5) is 28.9. The summed E-state index contributed by atoms with van der Waals surface area (Å²) in [6, 6.07) is 4.00. The molecule has 3 rings (SSSR count). The normalized spacial score (nSPS) is 11.8. The predicted molar refractivity (Wildman–Crippen MR) is 110 cm³/mol. The molecule has 0 unspecified atom stereocenters. The number of esters is 1. The molecular formula is C22H23F3N4O3. The zero-order valence-electron chi connectivity index (χ0n) is 18.3. The average Bonchev–Trinajstić information content (AvgIpc) is 3.24. The molecular weight excluding hydrogens is 425 g/mol. The standard InChI is InChI=1S/C22H23F3N4O3/c1-12(2)28-13(3)8-17(14(28)4)19(30)11-32-21(31)18-10-27-29(15(18)5)20-7-6-16(9-26-20)22(23,24)25/h6-10,12H,11H2,1-5H3. The van der Waals surface area contributed by atoms with E-state index in [9.17, 15) is 22.8 Å². The van der Waals surface area contributed by atoms with Gasteiger partial charge in [0.1, 0.15) is 5.56 Å². The lowest BCUT2D eigenvalue weighted by molar-refractivity contribution is -0.137. The molecule has 0 aromatic carbocycles. The van der Waals surface area contributed by atoms with Gasteiger partial charge in [-0.05, 0) is 52.8 Å². The van der Waals surface area contributed by atoms with Crippen molar-refractivity contribution in [2.45, 2.75) is 46.8 Å². The number of ether oxygens (including phenoxy) is 1. The summed E-state index contributed by atoms with van der Waals surface area (Å²) in [6.45, 7) is 8.89. The van der Waals surface area contributed by atoms with Crippen molar-refractivity contribution in [1.29, 1.82) is 0 Å². The van der Waals surface area contributed by atoms with Gasteiger partial charge in [0.15, 0.2) is 12.4 Å². The number of pyridine rings is 1. The lowest BCUT2D eigenvalue weighted by atomic mass is 10.1. The first-order valence-corrected chi connectivity index (χ1v) is 9.88. The van der Waals surface area contributed by atoms with E-state index in [0.717, 1.165) is 23.5 Å². The quantitative estimate of drug-likeness (QED) is 0.406. The Bertz CT molecular complexity index is 1160. The Morgan fingerprint density at radius 2 is 1.75 bits per heavy atom. The molecule has 0 saturated carbocycles. The highest BCUT2D eigenvalue weighted by Gasteiger charge is 2.31. The van der Waals surface area contributed by atoms with Crippen molar-refractivity contribution in [3.05, 3.63) is 64.4 Å². The molecule has 7 nitrogen and oxygen atoms in total. The number of ketones is 1. The molecule has 0 aliphatic rings. The van der Waals surface area contributed by atoms with Gasteiger partial charge in [-0.3, -0.25) is 4.79 Å². The van der Waals surface area contributed by atoms with Crippen molar-refractivity contribution < 1.29 is 27.5 Å². The van der Waals surface area contributed by atoms with Gasteiger partial charge in [-0.15, -0.1) is 0 Å². The topological polar surface area (TPSA) is 79.0 Å². The molecule has 0 N–H and O–H groups in total. The first kappa shape index (κ1) is 23.2. The molecule has 0 aliphatic carbocycles. The van der Waals surface area contributed by atoms with Crippen molar-refractivity contribution >= 4 is 11.8 Å². The molecule has 0 bridgehead atoms. The number of halogens is 3. The largest absolute Gasteiger partial charge is 0.454 e. The van der Waals surface area contributed by atoms with E-state index in [1.54, 1.807) is 13.0 Å². The van der Waals surface area contributed by atoms with Crippen molar-refractivity contribution in [3.63, 3.8) is 0 Å². The minimum absolute atomic E-state index is 0.0900. The van der Waals surface area contributed by atoms with Gasteiger partial charge in [0.05, 0.1) is 17.5 Å². The summed E-state index contributed by atoms with van der Waals surface area (Å²) in [5, 5.41) is 4.02.